The molecule has 0 saturated heterocycles. The molecule has 1 saturated carbocycles. The Labute approximate surface area is 219 Å². The summed E-state index contributed by atoms with van der Waals surface area (Å²) in [7, 11) is 0. The topological polar surface area (TPSA) is 0 Å². The third kappa shape index (κ3) is 5.10. The van der Waals surface area contributed by atoms with Crippen LogP contribution in [0.4, 0.5) is 0 Å². The molecule has 0 aliphatic heterocycles. The van der Waals surface area contributed by atoms with Gasteiger partial charge in [-0.05, 0) is 96.2 Å². The summed E-state index contributed by atoms with van der Waals surface area (Å²) in [5.74, 6) is 2.51. The highest BCUT2D eigenvalue weighted by Crippen LogP contribution is 2.42. The third-order valence-corrected chi connectivity index (χ3v) is 9.30. The van der Waals surface area contributed by atoms with E-state index in [1.54, 1.807) is 5.56 Å². The molecule has 3 aliphatic carbocycles. The van der Waals surface area contributed by atoms with E-state index in [0.717, 1.165) is 24.7 Å². The van der Waals surface area contributed by atoms with E-state index < -0.39 is 0 Å². The van der Waals surface area contributed by atoms with Gasteiger partial charge in [-0.1, -0.05) is 118 Å². The Kier molecular flexibility index (Phi) is 7.25. The number of benzene rings is 2. The average molecular weight is 477 g/mol. The van der Waals surface area contributed by atoms with E-state index in [0.29, 0.717) is 11.8 Å². The number of allylic oxidation sites excluding steroid dienone is 5. The number of fused-ring (bicyclic) bond motifs is 1. The average Bonchev–Trinajstić information content (AvgIpc) is 3.15. The van der Waals surface area contributed by atoms with Crippen LogP contribution in [0.15, 0.2) is 72.4 Å². The molecule has 2 aromatic carbocycles. The Morgan fingerprint density at radius 3 is 2.58 bits per heavy atom. The van der Waals surface area contributed by atoms with Crippen LogP contribution in [-0.2, 0) is 12.8 Å². The van der Waals surface area contributed by atoms with Crippen LogP contribution in [0.1, 0.15) is 80.2 Å². The second-order valence-electron chi connectivity index (χ2n) is 12.2. The van der Waals surface area contributed by atoms with Crippen LogP contribution in [0.2, 0.25) is 0 Å². The van der Waals surface area contributed by atoms with E-state index in [-0.39, 0.29) is 0 Å². The quantitative estimate of drug-likeness (QED) is 0.297. The SMILES string of the molecule is C=C1C=CC(C)C(=C)C1CC1=Cc2cccc(-c3cc(C)cc(C)c3CC3CCCC(C)CC3)c2C1. The smallest absolute Gasteiger partial charge is 0.00826 e. The van der Waals surface area contributed by atoms with Gasteiger partial charge in [0, 0.05) is 5.92 Å². The van der Waals surface area contributed by atoms with Crippen LogP contribution in [0.5, 0.6) is 0 Å². The van der Waals surface area contributed by atoms with E-state index in [1.165, 1.54) is 88.6 Å². The molecular weight excluding hydrogens is 432 g/mol. The minimum atomic E-state index is 0.364. The summed E-state index contributed by atoms with van der Waals surface area (Å²) in [5.41, 5.74) is 14.4. The lowest BCUT2D eigenvalue weighted by Crippen LogP contribution is -2.15. The second-order valence-corrected chi connectivity index (χ2v) is 12.2. The zero-order valence-corrected chi connectivity index (χ0v) is 23.0. The first-order valence-corrected chi connectivity index (χ1v) is 14.3. The Morgan fingerprint density at radius 1 is 0.917 bits per heavy atom. The van der Waals surface area contributed by atoms with Crippen molar-refractivity contribution < 1.29 is 0 Å². The molecule has 0 aromatic heterocycles. The Bertz CT molecular complexity index is 1230. The minimum Gasteiger partial charge on any atom is -0.0986 e. The molecular formula is C36H44. The van der Waals surface area contributed by atoms with Crippen molar-refractivity contribution in [3.63, 3.8) is 0 Å². The molecule has 4 unspecified atom stereocenters. The van der Waals surface area contributed by atoms with Gasteiger partial charge in [0.2, 0.25) is 0 Å². The lowest BCUT2D eigenvalue weighted by atomic mass is 9.77. The van der Waals surface area contributed by atoms with Gasteiger partial charge < -0.3 is 0 Å². The van der Waals surface area contributed by atoms with Crippen molar-refractivity contribution >= 4 is 6.08 Å². The highest BCUT2D eigenvalue weighted by atomic mass is 14.3. The first-order chi connectivity index (χ1) is 17.3. The normalized spacial score (nSPS) is 26.1. The van der Waals surface area contributed by atoms with Gasteiger partial charge >= 0.3 is 0 Å². The molecule has 4 atom stereocenters. The molecule has 0 bridgehead atoms. The summed E-state index contributed by atoms with van der Waals surface area (Å²) >= 11 is 0. The third-order valence-electron chi connectivity index (χ3n) is 9.30. The Hall–Kier alpha value is -2.60. The first-order valence-electron chi connectivity index (χ1n) is 14.3. The van der Waals surface area contributed by atoms with Gasteiger partial charge in [-0.3, -0.25) is 0 Å². The van der Waals surface area contributed by atoms with Crippen LogP contribution in [-0.4, -0.2) is 0 Å². The molecule has 1 fully saturated rings. The van der Waals surface area contributed by atoms with Gasteiger partial charge in [-0.2, -0.15) is 0 Å². The number of aryl methyl sites for hydroxylation is 2. The van der Waals surface area contributed by atoms with Crippen molar-refractivity contribution in [1.82, 2.24) is 0 Å². The predicted molar refractivity (Wildman–Crippen MR) is 157 cm³/mol. The molecule has 36 heavy (non-hydrogen) atoms. The van der Waals surface area contributed by atoms with Crippen LogP contribution in [0.25, 0.3) is 17.2 Å². The maximum atomic E-state index is 4.44. The zero-order valence-electron chi connectivity index (χ0n) is 23.0. The van der Waals surface area contributed by atoms with Crippen molar-refractivity contribution in [3.8, 4) is 11.1 Å². The van der Waals surface area contributed by atoms with Crippen LogP contribution in [0, 0.1) is 37.5 Å². The molecule has 0 heterocycles. The number of rotatable bonds is 5. The van der Waals surface area contributed by atoms with Gasteiger partial charge in [0.05, 0.1) is 0 Å². The maximum absolute atomic E-state index is 4.44. The molecule has 0 spiro atoms. The molecule has 0 amide bonds. The molecule has 2 aromatic rings. The lowest BCUT2D eigenvalue weighted by molar-refractivity contribution is 0.443. The van der Waals surface area contributed by atoms with Crippen molar-refractivity contribution in [2.75, 3.05) is 0 Å². The van der Waals surface area contributed by atoms with Crippen LogP contribution in [0.3, 0.4) is 0 Å². The molecule has 0 heteroatoms. The van der Waals surface area contributed by atoms with Gasteiger partial charge in [0.25, 0.3) is 0 Å². The predicted octanol–water partition coefficient (Wildman–Crippen LogP) is 9.99. The van der Waals surface area contributed by atoms with Crippen molar-refractivity contribution in [2.24, 2.45) is 23.7 Å². The van der Waals surface area contributed by atoms with Crippen LogP contribution >= 0.6 is 0 Å². The van der Waals surface area contributed by atoms with E-state index in [2.05, 4.69) is 89.4 Å². The molecule has 188 valence electrons. The fourth-order valence-electron chi connectivity index (χ4n) is 6.97. The van der Waals surface area contributed by atoms with Crippen molar-refractivity contribution in [1.29, 1.82) is 0 Å². The number of hydrogen-bond acceptors (Lipinski definition) is 0. The maximum Gasteiger partial charge on any atom is 0.00826 e. The monoisotopic (exact) mass is 476 g/mol. The largest absolute Gasteiger partial charge is 0.0986 e. The molecule has 3 aliphatic rings. The van der Waals surface area contributed by atoms with E-state index >= 15 is 0 Å². The Balaban J connectivity index is 1.44. The fraction of sp³-hybridized carbons (Fsp3) is 0.444. The highest BCUT2D eigenvalue weighted by Gasteiger charge is 2.27. The van der Waals surface area contributed by atoms with Gasteiger partial charge in [-0.25, -0.2) is 0 Å². The fourth-order valence-corrected chi connectivity index (χ4v) is 6.97. The summed E-state index contributed by atoms with van der Waals surface area (Å²) in [6.07, 6.45) is 17.2. The van der Waals surface area contributed by atoms with Gasteiger partial charge in [-0.15, -0.1) is 0 Å². The highest BCUT2D eigenvalue weighted by molar-refractivity contribution is 5.80. The molecule has 0 N–H and O–H groups in total. The van der Waals surface area contributed by atoms with Crippen molar-refractivity contribution in [2.45, 2.75) is 79.1 Å². The van der Waals surface area contributed by atoms with E-state index in [1.807, 2.05) is 0 Å². The van der Waals surface area contributed by atoms with Crippen molar-refractivity contribution in [3.05, 3.63) is 100 Å². The number of hydrogen-bond donors (Lipinski definition) is 0. The van der Waals surface area contributed by atoms with E-state index in [9.17, 15) is 0 Å². The summed E-state index contributed by atoms with van der Waals surface area (Å²) < 4.78 is 0. The van der Waals surface area contributed by atoms with E-state index in [4.69, 9.17) is 0 Å². The summed E-state index contributed by atoms with van der Waals surface area (Å²) in [6.45, 7) is 18.1. The summed E-state index contributed by atoms with van der Waals surface area (Å²) in [4.78, 5) is 0. The summed E-state index contributed by atoms with van der Waals surface area (Å²) in [5, 5.41) is 0. The zero-order chi connectivity index (χ0) is 25.4. The minimum absolute atomic E-state index is 0.364. The molecule has 5 rings (SSSR count). The summed E-state index contributed by atoms with van der Waals surface area (Å²) in [6, 6.07) is 11.8. The van der Waals surface area contributed by atoms with Crippen LogP contribution < -0.4 is 0 Å². The lowest BCUT2D eigenvalue weighted by Gasteiger charge is -2.28. The molecule has 0 nitrogen and oxygen atoms in total. The molecule has 0 radical (unpaired) electrons. The first kappa shape index (κ1) is 25.1. The Morgan fingerprint density at radius 2 is 1.75 bits per heavy atom. The standard InChI is InChI=1S/C36H44/c1-23-9-7-10-29(16-13-23)20-34-27(5)17-24(2)18-36(34)32-12-8-11-31-19-30(22-35(31)32)21-33-26(4)15-14-25(3)28(33)6/h8,11-12,14-15,17-19,23,25,29,33H,4,6-7,9-10,13,16,20-22H2,1-3,5H3. The van der Waals surface area contributed by atoms with Gasteiger partial charge in [0.1, 0.15) is 0 Å². The second kappa shape index (κ2) is 10.4. The van der Waals surface area contributed by atoms with Gasteiger partial charge in [0.15, 0.2) is 0 Å².